The van der Waals surface area contributed by atoms with Crippen LogP contribution >= 0.6 is 0 Å². The minimum Gasteiger partial charge on any atom is -0.427 e. The van der Waals surface area contributed by atoms with E-state index in [1.165, 1.54) is 0 Å². The Kier molecular flexibility index (Phi) is 7.80. The van der Waals surface area contributed by atoms with E-state index in [9.17, 15) is 0 Å². The van der Waals surface area contributed by atoms with Crippen LogP contribution in [-0.2, 0) is 0 Å². The van der Waals surface area contributed by atoms with Crippen LogP contribution in [0.5, 0.6) is 0 Å². The highest BCUT2D eigenvalue weighted by Gasteiger charge is 2.11. The molecule has 1 fully saturated rings. The first-order valence-electron chi connectivity index (χ1n) is 6.73. The maximum atomic E-state index is 8.70. The molecule has 1 atom stereocenters. The molecule has 0 aromatic carbocycles. The Morgan fingerprint density at radius 3 is 2.53 bits per heavy atom. The summed E-state index contributed by atoms with van der Waals surface area (Å²) in [5, 5.41) is 20.7. The van der Waals surface area contributed by atoms with Gasteiger partial charge in [0.25, 0.3) is 0 Å². The Balaban J connectivity index is 1.94. The summed E-state index contributed by atoms with van der Waals surface area (Å²) in [5.41, 5.74) is 6.04. The second kappa shape index (κ2) is 8.88. The van der Waals surface area contributed by atoms with Gasteiger partial charge < -0.3 is 26.0 Å². The molecule has 6 heteroatoms. The van der Waals surface area contributed by atoms with Crippen LogP contribution in [0.15, 0.2) is 0 Å². The second-order valence-electron chi connectivity index (χ2n) is 4.91. The summed E-state index contributed by atoms with van der Waals surface area (Å²) in [6.07, 6.45) is 4.32. The fourth-order valence-electron chi connectivity index (χ4n) is 2.16. The molecule has 17 heavy (non-hydrogen) atoms. The minimum absolute atomic E-state index is 0.251. The topological polar surface area (TPSA) is 81.8 Å². The van der Waals surface area contributed by atoms with Gasteiger partial charge in [-0.15, -0.1) is 0 Å². The van der Waals surface area contributed by atoms with E-state index in [1.54, 1.807) is 0 Å². The summed E-state index contributed by atoms with van der Waals surface area (Å²) in [6.45, 7) is 5.52. The van der Waals surface area contributed by atoms with E-state index in [1.807, 2.05) is 0 Å². The molecule has 1 aliphatic rings. The van der Waals surface area contributed by atoms with Crippen molar-refractivity contribution in [2.45, 2.75) is 38.0 Å². The molecule has 1 rings (SSSR count). The van der Waals surface area contributed by atoms with Gasteiger partial charge in [-0.25, -0.2) is 0 Å². The SMILES string of the molecule is NC(CCCCB(O)O)CCN1CCNCC1. The van der Waals surface area contributed by atoms with E-state index in [2.05, 4.69) is 10.2 Å². The molecule has 5 N–H and O–H groups in total. The number of piperazine rings is 1. The highest BCUT2D eigenvalue weighted by atomic mass is 16.4. The fraction of sp³-hybridized carbons (Fsp3) is 1.00. The van der Waals surface area contributed by atoms with Crippen LogP contribution in [0.4, 0.5) is 0 Å². The lowest BCUT2D eigenvalue weighted by Crippen LogP contribution is -2.44. The fourth-order valence-corrected chi connectivity index (χ4v) is 2.16. The van der Waals surface area contributed by atoms with Gasteiger partial charge >= 0.3 is 7.12 Å². The van der Waals surface area contributed by atoms with Crippen molar-refractivity contribution >= 4 is 7.12 Å². The molecule has 0 saturated carbocycles. The molecule has 0 spiro atoms. The van der Waals surface area contributed by atoms with Crippen molar-refractivity contribution in [1.29, 1.82) is 0 Å². The van der Waals surface area contributed by atoms with E-state index < -0.39 is 7.12 Å². The minimum atomic E-state index is -1.16. The Hall–Kier alpha value is -0.135. The number of rotatable bonds is 8. The zero-order chi connectivity index (χ0) is 12.5. The number of nitrogens with one attached hydrogen (secondary N) is 1. The van der Waals surface area contributed by atoms with Gasteiger partial charge in [-0.1, -0.05) is 12.8 Å². The number of nitrogens with zero attached hydrogens (tertiary/aromatic N) is 1. The Labute approximate surface area is 105 Å². The average molecular weight is 243 g/mol. The van der Waals surface area contributed by atoms with Crippen LogP contribution in [0.3, 0.4) is 0 Å². The summed E-state index contributed by atoms with van der Waals surface area (Å²) >= 11 is 0. The molecule has 1 heterocycles. The number of unbranched alkanes of at least 4 members (excludes halogenated alkanes) is 1. The van der Waals surface area contributed by atoms with Crippen molar-refractivity contribution in [3.8, 4) is 0 Å². The molecule has 1 aliphatic heterocycles. The normalized spacial score (nSPS) is 19.2. The lowest BCUT2D eigenvalue weighted by Gasteiger charge is -2.28. The van der Waals surface area contributed by atoms with Crippen molar-refractivity contribution in [2.24, 2.45) is 5.73 Å². The van der Waals surface area contributed by atoms with Gasteiger partial charge in [-0.2, -0.15) is 0 Å². The van der Waals surface area contributed by atoms with Gasteiger partial charge in [0.1, 0.15) is 0 Å². The van der Waals surface area contributed by atoms with Gasteiger partial charge in [0.05, 0.1) is 0 Å². The zero-order valence-corrected chi connectivity index (χ0v) is 10.6. The molecular formula is C11H26BN3O2. The van der Waals surface area contributed by atoms with E-state index in [0.29, 0.717) is 6.32 Å². The predicted molar refractivity (Wildman–Crippen MR) is 70.8 cm³/mol. The summed E-state index contributed by atoms with van der Waals surface area (Å²) < 4.78 is 0. The smallest absolute Gasteiger partial charge is 0.427 e. The first kappa shape index (κ1) is 14.9. The van der Waals surface area contributed by atoms with Gasteiger partial charge in [0.2, 0.25) is 0 Å². The molecule has 0 aromatic rings. The van der Waals surface area contributed by atoms with Gasteiger partial charge in [-0.3, -0.25) is 0 Å². The van der Waals surface area contributed by atoms with Crippen molar-refractivity contribution in [3.05, 3.63) is 0 Å². The van der Waals surface area contributed by atoms with E-state index >= 15 is 0 Å². The van der Waals surface area contributed by atoms with E-state index in [4.69, 9.17) is 15.8 Å². The molecule has 0 aromatic heterocycles. The predicted octanol–water partition coefficient (Wildman–Crippen LogP) is -0.748. The second-order valence-corrected chi connectivity index (χ2v) is 4.91. The first-order chi connectivity index (χ1) is 8.18. The summed E-state index contributed by atoms with van der Waals surface area (Å²) in [5.74, 6) is 0. The van der Waals surface area contributed by atoms with Crippen LogP contribution in [0, 0.1) is 0 Å². The molecule has 1 saturated heterocycles. The molecule has 0 amide bonds. The third-order valence-electron chi connectivity index (χ3n) is 3.31. The maximum absolute atomic E-state index is 8.70. The van der Waals surface area contributed by atoms with Crippen molar-refractivity contribution < 1.29 is 10.0 Å². The monoisotopic (exact) mass is 243 g/mol. The molecule has 5 nitrogen and oxygen atoms in total. The van der Waals surface area contributed by atoms with Crippen LogP contribution in [0.1, 0.15) is 25.7 Å². The van der Waals surface area contributed by atoms with Crippen molar-refractivity contribution in [3.63, 3.8) is 0 Å². The summed E-state index contributed by atoms with van der Waals surface area (Å²) in [6, 6.07) is 0.251. The number of nitrogens with two attached hydrogens (primary N) is 1. The van der Waals surface area contributed by atoms with E-state index in [0.717, 1.165) is 58.4 Å². The van der Waals surface area contributed by atoms with Crippen LogP contribution in [0.2, 0.25) is 6.32 Å². The van der Waals surface area contributed by atoms with Crippen LogP contribution in [-0.4, -0.2) is 60.8 Å². The third kappa shape index (κ3) is 7.73. The highest BCUT2D eigenvalue weighted by Crippen LogP contribution is 2.07. The standard InChI is InChI=1S/C11H26BN3O2/c13-11(3-1-2-5-12(16)17)4-8-15-9-6-14-7-10-15/h11,14,16-17H,1-10,13H2. The highest BCUT2D eigenvalue weighted by molar-refractivity contribution is 6.40. The molecular weight excluding hydrogens is 217 g/mol. The largest absolute Gasteiger partial charge is 0.451 e. The third-order valence-corrected chi connectivity index (χ3v) is 3.31. The molecule has 100 valence electrons. The molecule has 0 aliphatic carbocycles. The quantitative estimate of drug-likeness (QED) is 0.333. The lowest BCUT2D eigenvalue weighted by atomic mass is 9.83. The maximum Gasteiger partial charge on any atom is 0.451 e. The molecule has 0 bridgehead atoms. The Morgan fingerprint density at radius 2 is 1.88 bits per heavy atom. The zero-order valence-electron chi connectivity index (χ0n) is 10.6. The Bertz CT molecular complexity index is 190. The van der Waals surface area contributed by atoms with Gasteiger partial charge in [0, 0.05) is 32.2 Å². The van der Waals surface area contributed by atoms with Crippen molar-refractivity contribution in [1.82, 2.24) is 10.2 Å². The summed E-state index contributed by atoms with van der Waals surface area (Å²) in [7, 11) is -1.16. The molecule has 0 radical (unpaired) electrons. The summed E-state index contributed by atoms with van der Waals surface area (Å²) in [4.78, 5) is 2.45. The van der Waals surface area contributed by atoms with Crippen LogP contribution in [0.25, 0.3) is 0 Å². The average Bonchev–Trinajstić information content (AvgIpc) is 2.33. The first-order valence-corrected chi connectivity index (χ1v) is 6.73. The number of hydrogen-bond acceptors (Lipinski definition) is 5. The van der Waals surface area contributed by atoms with E-state index in [-0.39, 0.29) is 6.04 Å². The lowest BCUT2D eigenvalue weighted by molar-refractivity contribution is 0.231. The van der Waals surface area contributed by atoms with Gasteiger partial charge in [-0.05, 0) is 25.7 Å². The number of hydrogen-bond donors (Lipinski definition) is 4. The van der Waals surface area contributed by atoms with Crippen LogP contribution < -0.4 is 11.1 Å². The molecule has 1 unspecified atom stereocenters. The van der Waals surface area contributed by atoms with Crippen molar-refractivity contribution in [2.75, 3.05) is 32.7 Å². The van der Waals surface area contributed by atoms with Gasteiger partial charge in [0.15, 0.2) is 0 Å². The Morgan fingerprint density at radius 1 is 1.18 bits per heavy atom.